The fourth-order valence-corrected chi connectivity index (χ4v) is 2.09. The summed E-state index contributed by atoms with van der Waals surface area (Å²) < 4.78 is 0. The molecule has 0 spiro atoms. The summed E-state index contributed by atoms with van der Waals surface area (Å²) in [5, 5.41) is 14.9. The number of nitrogens with zero attached hydrogens (tertiary/aromatic N) is 3. The Bertz CT molecular complexity index is 460. The summed E-state index contributed by atoms with van der Waals surface area (Å²) in [6, 6.07) is 5.89. The molecular weight excluding hydrogens is 236 g/mol. The van der Waals surface area contributed by atoms with Crippen molar-refractivity contribution in [3.8, 4) is 0 Å². The number of aliphatic hydroxyl groups is 1. The lowest BCUT2D eigenvalue weighted by Gasteiger charge is -2.16. The van der Waals surface area contributed by atoms with Crippen LogP contribution in [0.25, 0.3) is 0 Å². The van der Waals surface area contributed by atoms with Crippen molar-refractivity contribution < 1.29 is 5.11 Å². The molecule has 6 heteroatoms. The molecule has 0 radical (unpaired) electrons. The Hall–Kier alpha value is -1.66. The van der Waals surface area contributed by atoms with Gasteiger partial charge in [-0.05, 0) is 17.5 Å². The molecule has 2 N–H and O–H groups in total. The third-order valence-electron chi connectivity index (χ3n) is 2.25. The summed E-state index contributed by atoms with van der Waals surface area (Å²) in [7, 11) is 1.96. The van der Waals surface area contributed by atoms with Crippen molar-refractivity contribution in [2.75, 3.05) is 30.4 Å². The van der Waals surface area contributed by atoms with Gasteiger partial charge in [0.15, 0.2) is 0 Å². The lowest BCUT2D eigenvalue weighted by atomic mass is 10.4. The summed E-state index contributed by atoms with van der Waals surface area (Å²) in [6.07, 6.45) is 1.51. The van der Waals surface area contributed by atoms with E-state index in [4.69, 9.17) is 5.11 Å². The Kier molecular flexibility index (Phi) is 3.89. The fourth-order valence-electron chi connectivity index (χ4n) is 1.38. The minimum atomic E-state index is 0.0834. The third-order valence-corrected chi connectivity index (χ3v) is 3.20. The number of aromatic nitrogens is 2. The van der Waals surface area contributed by atoms with E-state index in [-0.39, 0.29) is 6.61 Å². The zero-order valence-electron chi connectivity index (χ0n) is 9.50. The van der Waals surface area contributed by atoms with E-state index in [1.54, 1.807) is 11.3 Å². The van der Waals surface area contributed by atoms with Crippen LogP contribution < -0.4 is 10.2 Å². The number of nitrogens with one attached hydrogen (secondary N) is 1. The SMILES string of the molecule is CN(c1cc(NCCO)ncn1)c1cccs1. The van der Waals surface area contributed by atoms with Crippen LogP contribution in [-0.2, 0) is 0 Å². The fraction of sp³-hybridized carbons (Fsp3) is 0.273. The maximum atomic E-state index is 8.74. The molecule has 0 fully saturated rings. The second kappa shape index (κ2) is 5.60. The van der Waals surface area contributed by atoms with Crippen molar-refractivity contribution >= 4 is 28.0 Å². The highest BCUT2D eigenvalue weighted by Crippen LogP contribution is 2.26. The van der Waals surface area contributed by atoms with Crippen molar-refractivity contribution in [3.05, 3.63) is 29.9 Å². The van der Waals surface area contributed by atoms with Crippen LogP contribution in [0.15, 0.2) is 29.9 Å². The third kappa shape index (κ3) is 2.92. The largest absolute Gasteiger partial charge is 0.395 e. The molecule has 0 saturated heterocycles. The molecule has 0 aliphatic carbocycles. The summed E-state index contributed by atoms with van der Waals surface area (Å²) in [6.45, 7) is 0.569. The van der Waals surface area contributed by atoms with E-state index in [9.17, 15) is 0 Å². The Morgan fingerprint density at radius 2 is 2.35 bits per heavy atom. The quantitative estimate of drug-likeness (QED) is 0.846. The maximum Gasteiger partial charge on any atom is 0.138 e. The summed E-state index contributed by atoms with van der Waals surface area (Å²) in [5.74, 6) is 1.54. The topological polar surface area (TPSA) is 61.3 Å². The Morgan fingerprint density at radius 3 is 3.06 bits per heavy atom. The molecule has 0 aliphatic rings. The first-order valence-electron chi connectivity index (χ1n) is 5.25. The Balaban J connectivity index is 2.15. The molecule has 0 atom stereocenters. The van der Waals surface area contributed by atoms with Crippen LogP contribution in [0.2, 0.25) is 0 Å². The number of hydrogen-bond acceptors (Lipinski definition) is 6. The van der Waals surface area contributed by atoms with Crippen LogP contribution in [-0.4, -0.2) is 35.3 Å². The van der Waals surface area contributed by atoms with Crippen LogP contribution in [0.1, 0.15) is 0 Å². The average molecular weight is 250 g/mol. The molecule has 0 aromatic carbocycles. The second-order valence-electron chi connectivity index (χ2n) is 3.42. The monoisotopic (exact) mass is 250 g/mol. The number of aliphatic hydroxyl groups excluding tert-OH is 1. The van der Waals surface area contributed by atoms with Gasteiger partial charge >= 0.3 is 0 Å². The van der Waals surface area contributed by atoms with Gasteiger partial charge in [-0.3, -0.25) is 0 Å². The highest BCUT2D eigenvalue weighted by Gasteiger charge is 2.07. The van der Waals surface area contributed by atoms with E-state index in [1.165, 1.54) is 6.33 Å². The van der Waals surface area contributed by atoms with Crippen molar-refractivity contribution in [2.24, 2.45) is 0 Å². The number of anilines is 3. The van der Waals surface area contributed by atoms with Crippen LogP contribution in [0.5, 0.6) is 0 Å². The van der Waals surface area contributed by atoms with Gasteiger partial charge in [-0.15, -0.1) is 11.3 Å². The highest BCUT2D eigenvalue weighted by molar-refractivity contribution is 7.14. The Labute approximate surface area is 104 Å². The average Bonchev–Trinajstić information content (AvgIpc) is 2.89. The highest BCUT2D eigenvalue weighted by atomic mass is 32.1. The molecule has 0 saturated carbocycles. The van der Waals surface area contributed by atoms with E-state index < -0.39 is 0 Å². The van der Waals surface area contributed by atoms with Gasteiger partial charge < -0.3 is 15.3 Å². The molecule has 2 aromatic rings. The molecule has 0 unspecified atom stereocenters. The number of thiophene rings is 1. The molecule has 5 nitrogen and oxygen atoms in total. The lowest BCUT2D eigenvalue weighted by molar-refractivity contribution is 0.311. The molecule has 2 rings (SSSR count). The summed E-state index contributed by atoms with van der Waals surface area (Å²) in [5.41, 5.74) is 0. The first kappa shape index (κ1) is 11.8. The van der Waals surface area contributed by atoms with Crippen molar-refractivity contribution in [3.63, 3.8) is 0 Å². The number of rotatable bonds is 5. The van der Waals surface area contributed by atoms with Crippen LogP contribution >= 0.6 is 11.3 Å². The zero-order valence-corrected chi connectivity index (χ0v) is 10.3. The van der Waals surface area contributed by atoms with E-state index in [0.29, 0.717) is 12.4 Å². The molecule has 2 aromatic heterocycles. The molecule has 0 aliphatic heterocycles. The standard InChI is InChI=1S/C11H14N4OS/c1-15(11-3-2-6-17-11)10-7-9(12-4-5-16)13-8-14-10/h2-3,6-8,16H,4-5H2,1H3,(H,12,13,14). The maximum absolute atomic E-state index is 8.74. The van der Waals surface area contributed by atoms with Crippen molar-refractivity contribution in [1.82, 2.24) is 9.97 Å². The van der Waals surface area contributed by atoms with Gasteiger partial charge in [-0.2, -0.15) is 0 Å². The molecule has 17 heavy (non-hydrogen) atoms. The van der Waals surface area contributed by atoms with Gasteiger partial charge in [0.1, 0.15) is 18.0 Å². The predicted octanol–water partition coefficient (Wildman–Crippen LogP) is 1.71. The van der Waals surface area contributed by atoms with Gasteiger partial charge in [0, 0.05) is 19.7 Å². The predicted molar refractivity (Wildman–Crippen MR) is 70.0 cm³/mol. The summed E-state index contributed by atoms with van der Waals surface area (Å²) >= 11 is 1.65. The van der Waals surface area contributed by atoms with Gasteiger partial charge in [0.2, 0.25) is 0 Å². The minimum absolute atomic E-state index is 0.0834. The van der Waals surface area contributed by atoms with Crippen LogP contribution in [0, 0.1) is 0 Å². The van der Waals surface area contributed by atoms with Crippen molar-refractivity contribution in [1.29, 1.82) is 0 Å². The smallest absolute Gasteiger partial charge is 0.138 e. The number of hydrogen-bond donors (Lipinski definition) is 2. The molecule has 0 amide bonds. The molecule has 0 bridgehead atoms. The van der Waals surface area contributed by atoms with E-state index >= 15 is 0 Å². The normalized spacial score (nSPS) is 10.2. The second-order valence-corrected chi connectivity index (χ2v) is 4.35. The molecular formula is C11H14N4OS. The first-order valence-corrected chi connectivity index (χ1v) is 6.13. The van der Waals surface area contributed by atoms with E-state index in [0.717, 1.165) is 10.8 Å². The van der Waals surface area contributed by atoms with E-state index in [1.807, 2.05) is 35.5 Å². The van der Waals surface area contributed by atoms with Gasteiger partial charge in [0.05, 0.1) is 11.6 Å². The van der Waals surface area contributed by atoms with E-state index in [2.05, 4.69) is 15.3 Å². The van der Waals surface area contributed by atoms with Crippen LogP contribution in [0.4, 0.5) is 16.6 Å². The lowest BCUT2D eigenvalue weighted by Crippen LogP contribution is -2.12. The minimum Gasteiger partial charge on any atom is -0.395 e. The molecule has 90 valence electrons. The van der Waals surface area contributed by atoms with Crippen molar-refractivity contribution in [2.45, 2.75) is 0 Å². The van der Waals surface area contributed by atoms with Gasteiger partial charge in [-0.1, -0.05) is 0 Å². The molecule has 2 heterocycles. The first-order chi connectivity index (χ1) is 8.31. The summed E-state index contributed by atoms with van der Waals surface area (Å²) in [4.78, 5) is 10.3. The zero-order chi connectivity index (χ0) is 12.1. The Morgan fingerprint density at radius 1 is 1.47 bits per heavy atom. The van der Waals surface area contributed by atoms with Crippen LogP contribution in [0.3, 0.4) is 0 Å². The van der Waals surface area contributed by atoms with Gasteiger partial charge in [-0.25, -0.2) is 9.97 Å². The van der Waals surface area contributed by atoms with Gasteiger partial charge in [0.25, 0.3) is 0 Å².